The highest BCUT2D eigenvalue weighted by atomic mass is 32.1. The second-order valence-corrected chi connectivity index (χ2v) is 8.39. The van der Waals surface area contributed by atoms with Crippen LogP contribution in [0.3, 0.4) is 0 Å². The Kier molecular flexibility index (Phi) is 5.33. The molecule has 0 saturated carbocycles. The Balaban J connectivity index is 1.44. The van der Waals surface area contributed by atoms with Crippen LogP contribution in [0.5, 0.6) is 0 Å². The number of fused-ring (bicyclic) bond motifs is 1. The third kappa shape index (κ3) is 4.01. The van der Waals surface area contributed by atoms with E-state index in [4.69, 9.17) is 10.3 Å². The lowest BCUT2D eigenvalue weighted by Crippen LogP contribution is -2.32. The maximum absolute atomic E-state index is 13.0. The Morgan fingerprint density at radius 1 is 1.34 bits per heavy atom. The van der Waals surface area contributed by atoms with E-state index in [9.17, 15) is 4.79 Å². The lowest BCUT2D eigenvalue weighted by atomic mass is 10.0. The fourth-order valence-corrected chi connectivity index (χ4v) is 4.76. The number of nitrogens with zero attached hydrogens (tertiary/aromatic N) is 5. The molecule has 9 heteroatoms. The third-order valence-electron chi connectivity index (χ3n) is 5.31. The van der Waals surface area contributed by atoms with Gasteiger partial charge in [-0.1, -0.05) is 5.16 Å². The highest BCUT2D eigenvalue weighted by Gasteiger charge is 2.26. The van der Waals surface area contributed by atoms with Crippen LogP contribution in [0.25, 0.3) is 0 Å². The average Bonchev–Trinajstić information content (AvgIpc) is 3.27. The molecule has 1 aliphatic rings. The van der Waals surface area contributed by atoms with Crippen LogP contribution < -0.4 is 5.73 Å². The molecule has 0 fully saturated rings. The maximum atomic E-state index is 13.0. The van der Waals surface area contributed by atoms with Crippen molar-refractivity contribution in [3.63, 3.8) is 0 Å². The van der Waals surface area contributed by atoms with Gasteiger partial charge in [-0.2, -0.15) is 0 Å². The van der Waals surface area contributed by atoms with E-state index < -0.39 is 0 Å². The lowest BCUT2D eigenvalue weighted by molar-refractivity contribution is 0.0783. The number of hydrogen-bond acceptors (Lipinski definition) is 8. The molecule has 0 spiro atoms. The molecule has 1 amide bonds. The van der Waals surface area contributed by atoms with Crippen LogP contribution >= 0.6 is 11.3 Å². The normalized spacial score (nSPS) is 14.0. The van der Waals surface area contributed by atoms with Crippen LogP contribution in [0.4, 0.5) is 5.95 Å². The number of carbonyl (C=O) groups is 1. The summed E-state index contributed by atoms with van der Waals surface area (Å²) in [5.41, 5.74) is 10.5. The molecule has 152 valence electrons. The van der Waals surface area contributed by atoms with Crippen molar-refractivity contribution in [2.75, 3.05) is 19.3 Å². The molecule has 0 bridgehead atoms. The summed E-state index contributed by atoms with van der Waals surface area (Å²) >= 11 is 1.66. The number of amides is 1. The van der Waals surface area contributed by atoms with E-state index >= 15 is 0 Å². The molecular weight excluding hydrogens is 388 g/mol. The van der Waals surface area contributed by atoms with E-state index in [0.29, 0.717) is 6.54 Å². The van der Waals surface area contributed by atoms with Gasteiger partial charge in [0.2, 0.25) is 5.95 Å². The van der Waals surface area contributed by atoms with Gasteiger partial charge in [0.05, 0.1) is 11.3 Å². The first-order valence-electron chi connectivity index (χ1n) is 9.47. The van der Waals surface area contributed by atoms with Gasteiger partial charge in [-0.3, -0.25) is 9.69 Å². The topological polar surface area (TPSA) is 101 Å². The van der Waals surface area contributed by atoms with E-state index in [0.717, 1.165) is 54.2 Å². The number of hydrogen-bond donors (Lipinski definition) is 1. The standard InChI is InChI=1S/C20H24N6O2S/c1-12-16(13(2)28-24-12)9-26-5-4-15-17(11-29-18(15)10-26)19(27)25(3)8-14-6-22-20(21)23-7-14/h6-7,11H,4-5,8-10H2,1-3H3,(H2,21,22,23). The number of aryl methyl sites for hydroxylation is 2. The van der Waals surface area contributed by atoms with Crippen molar-refractivity contribution in [2.24, 2.45) is 0 Å². The van der Waals surface area contributed by atoms with Crippen LogP contribution in [0.15, 0.2) is 22.3 Å². The Hall–Kier alpha value is -2.78. The van der Waals surface area contributed by atoms with Gasteiger partial charge in [-0.05, 0) is 25.8 Å². The summed E-state index contributed by atoms with van der Waals surface area (Å²) in [6, 6.07) is 0. The second kappa shape index (κ2) is 7.92. The van der Waals surface area contributed by atoms with Crippen molar-refractivity contribution < 1.29 is 9.32 Å². The molecule has 0 saturated heterocycles. The van der Waals surface area contributed by atoms with Gasteiger partial charge >= 0.3 is 0 Å². The van der Waals surface area contributed by atoms with E-state index in [1.165, 1.54) is 10.4 Å². The first-order valence-corrected chi connectivity index (χ1v) is 10.4. The van der Waals surface area contributed by atoms with Crippen LogP contribution in [0, 0.1) is 13.8 Å². The van der Waals surface area contributed by atoms with Crippen LogP contribution in [-0.2, 0) is 26.1 Å². The largest absolute Gasteiger partial charge is 0.368 e. The predicted octanol–water partition coefficient (Wildman–Crippen LogP) is 2.56. The van der Waals surface area contributed by atoms with Crippen LogP contribution in [0.2, 0.25) is 0 Å². The summed E-state index contributed by atoms with van der Waals surface area (Å²) in [4.78, 5) is 26.3. The molecule has 3 aromatic heterocycles. The zero-order chi connectivity index (χ0) is 20.5. The minimum Gasteiger partial charge on any atom is -0.368 e. The lowest BCUT2D eigenvalue weighted by Gasteiger charge is -2.27. The van der Waals surface area contributed by atoms with Gasteiger partial charge in [0.1, 0.15) is 5.76 Å². The zero-order valence-electron chi connectivity index (χ0n) is 16.8. The molecule has 0 atom stereocenters. The molecule has 8 nitrogen and oxygen atoms in total. The van der Waals surface area contributed by atoms with Gasteiger partial charge in [-0.15, -0.1) is 11.3 Å². The minimum absolute atomic E-state index is 0.0264. The average molecular weight is 413 g/mol. The molecule has 0 aliphatic carbocycles. The Morgan fingerprint density at radius 2 is 2.10 bits per heavy atom. The second-order valence-electron chi connectivity index (χ2n) is 7.43. The molecule has 1 aliphatic heterocycles. The highest BCUT2D eigenvalue weighted by Crippen LogP contribution is 2.31. The van der Waals surface area contributed by atoms with E-state index in [2.05, 4.69) is 20.0 Å². The van der Waals surface area contributed by atoms with Crippen molar-refractivity contribution in [3.05, 3.63) is 56.4 Å². The first-order chi connectivity index (χ1) is 13.9. The fraction of sp³-hybridized carbons (Fsp3) is 0.400. The van der Waals surface area contributed by atoms with Crippen LogP contribution in [0.1, 0.15) is 43.4 Å². The first kappa shape index (κ1) is 19.5. The number of nitrogens with two attached hydrogens (primary N) is 1. The van der Waals surface area contributed by atoms with Crippen molar-refractivity contribution in [3.8, 4) is 0 Å². The number of thiophene rings is 1. The Bertz CT molecular complexity index is 1010. The smallest absolute Gasteiger partial charge is 0.255 e. The molecule has 3 aromatic rings. The molecule has 29 heavy (non-hydrogen) atoms. The number of carbonyl (C=O) groups excluding carboxylic acids is 1. The summed E-state index contributed by atoms with van der Waals surface area (Å²) in [6.07, 6.45) is 4.17. The SMILES string of the molecule is Cc1noc(C)c1CN1CCc2c(C(=O)N(C)Cc3cnc(N)nc3)csc2C1. The van der Waals surface area contributed by atoms with Gasteiger partial charge in [0.25, 0.3) is 5.91 Å². The predicted molar refractivity (Wildman–Crippen MR) is 110 cm³/mol. The summed E-state index contributed by atoms with van der Waals surface area (Å²) < 4.78 is 5.28. The summed E-state index contributed by atoms with van der Waals surface area (Å²) in [5.74, 6) is 1.14. The summed E-state index contributed by atoms with van der Waals surface area (Å²) in [5, 5.41) is 6.04. The molecule has 0 radical (unpaired) electrons. The monoisotopic (exact) mass is 412 g/mol. The van der Waals surface area contributed by atoms with Gasteiger partial charge in [-0.25, -0.2) is 9.97 Å². The van der Waals surface area contributed by atoms with Crippen LogP contribution in [-0.4, -0.2) is 44.4 Å². The van der Waals surface area contributed by atoms with Crippen molar-refractivity contribution >= 4 is 23.2 Å². The number of aromatic nitrogens is 3. The number of nitrogen functional groups attached to an aromatic ring is 1. The van der Waals surface area contributed by atoms with Gasteiger partial charge in [0, 0.05) is 67.0 Å². The number of anilines is 1. The Morgan fingerprint density at radius 3 is 2.79 bits per heavy atom. The van der Waals surface area contributed by atoms with E-state index in [1.54, 1.807) is 35.7 Å². The molecule has 4 rings (SSSR count). The summed E-state index contributed by atoms with van der Waals surface area (Å²) in [6.45, 7) is 6.94. The Labute approximate surface area is 173 Å². The van der Waals surface area contributed by atoms with Gasteiger partial charge in [0.15, 0.2) is 0 Å². The molecule has 0 aromatic carbocycles. The summed E-state index contributed by atoms with van der Waals surface area (Å²) in [7, 11) is 1.80. The molecular formula is C20H24N6O2S. The van der Waals surface area contributed by atoms with Gasteiger partial charge < -0.3 is 15.2 Å². The molecule has 2 N–H and O–H groups in total. The quantitative estimate of drug-likeness (QED) is 0.687. The van der Waals surface area contributed by atoms with Crippen molar-refractivity contribution in [2.45, 2.75) is 39.9 Å². The number of rotatable bonds is 5. The molecule has 4 heterocycles. The van der Waals surface area contributed by atoms with Crippen molar-refractivity contribution in [1.29, 1.82) is 0 Å². The fourth-order valence-electron chi connectivity index (χ4n) is 3.64. The minimum atomic E-state index is 0.0264. The molecule has 0 unspecified atom stereocenters. The highest BCUT2D eigenvalue weighted by molar-refractivity contribution is 7.10. The maximum Gasteiger partial charge on any atom is 0.255 e. The zero-order valence-corrected chi connectivity index (χ0v) is 17.6. The van der Waals surface area contributed by atoms with Crippen molar-refractivity contribution in [1.82, 2.24) is 24.9 Å². The van der Waals surface area contributed by atoms with E-state index in [1.807, 2.05) is 19.2 Å². The van der Waals surface area contributed by atoms with E-state index in [-0.39, 0.29) is 11.9 Å². The third-order valence-corrected chi connectivity index (χ3v) is 6.32.